The van der Waals surface area contributed by atoms with Gasteiger partial charge < -0.3 is 14.8 Å². The third-order valence-electron chi connectivity index (χ3n) is 4.65. The maximum atomic E-state index is 13.1. The van der Waals surface area contributed by atoms with E-state index in [9.17, 15) is 18.5 Å². The van der Waals surface area contributed by atoms with Crippen LogP contribution in [-0.2, 0) is 19.5 Å². The fourth-order valence-corrected chi connectivity index (χ4v) is 4.62. The van der Waals surface area contributed by atoms with Crippen molar-refractivity contribution in [3.8, 4) is 6.07 Å². The van der Waals surface area contributed by atoms with Crippen LogP contribution >= 0.6 is 23.2 Å². The van der Waals surface area contributed by atoms with Crippen LogP contribution in [0.1, 0.15) is 26.7 Å². The van der Waals surface area contributed by atoms with Crippen molar-refractivity contribution in [1.29, 1.82) is 5.26 Å². The highest BCUT2D eigenvalue weighted by molar-refractivity contribution is 7.90. The number of ether oxygens (including phenoxy) is 2. The van der Waals surface area contributed by atoms with E-state index < -0.39 is 27.9 Å². The second-order valence-electron chi connectivity index (χ2n) is 7.90. The highest BCUT2D eigenvalue weighted by atomic mass is 35.5. The number of halogens is 2. The summed E-state index contributed by atoms with van der Waals surface area (Å²) in [6, 6.07) is 6.69. The molecule has 0 spiro atoms. The van der Waals surface area contributed by atoms with Gasteiger partial charge in [-0.05, 0) is 44.0 Å². The minimum atomic E-state index is -4.32. The van der Waals surface area contributed by atoms with E-state index in [-0.39, 0.29) is 33.6 Å². The Kier molecular flexibility index (Phi) is 8.68. The Morgan fingerprint density at radius 1 is 1.23 bits per heavy atom. The SMILES string of the molecule is CC(C)(C#N)Nc1nc(Cl)nc(N(CCCC2OCCO2)C(=O)NS(=O)(=O)c2ccccc2Cl)n1. The number of carbonyl (C=O) groups is 1. The van der Waals surface area contributed by atoms with Crippen LogP contribution < -0.4 is 14.9 Å². The van der Waals surface area contributed by atoms with E-state index in [1.165, 1.54) is 18.2 Å². The van der Waals surface area contributed by atoms with Gasteiger partial charge in [0.15, 0.2) is 6.29 Å². The highest BCUT2D eigenvalue weighted by Crippen LogP contribution is 2.22. The Hall–Kier alpha value is -2.76. The van der Waals surface area contributed by atoms with E-state index in [1.807, 2.05) is 10.8 Å². The third-order valence-corrected chi connectivity index (χ3v) is 6.64. The van der Waals surface area contributed by atoms with Gasteiger partial charge in [0.25, 0.3) is 10.0 Å². The smallest absolute Gasteiger partial charge is 0.338 e. The van der Waals surface area contributed by atoms with E-state index in [0.717, 1.165) is 4.90 Å². The molecule has 1 fully saturated rings. The van der Waals surface area contributed by atoms with Crippen LogP contribution in [0.15, 0.2) is 29.2 Å². The summed E-state index contributed by atoms with van der Waals surface area (Å²) in [4.78, 5) is 26.0. The molecule has 3 rings (SSSR count). The molecular weight excluding hydrogens is 521 g/mol. The van der Waals surface area contributed by atoms with Gasteiger partial charge in [0.05, 0.1) is 24.3 Å². The maximum Gasteiger partial charge on any atom is 0.338 e. The van der Waals surface area contributed by atoms with E-state index in [0.29, 0.717) is 26.1 Å². The monoisotopic (exact) mass is 543 g/mol. The molecular formula is C20H23Cl2N7O5S. The second kappa shape index (κ2) is 11.3. The molecule has 1 saturated heterocycles. The van der Waals surface area contributed by atoms with Gasteiger partial charge in [0, 0.05) is 13.0 Å². The topological polar surface area (TPSA) is 159 Å². The molecule has 0 radical (unpaired) electrons. The summed E-state index contributed by atoms with van der Waals surface area (Å²) in [5.74, 6) is -0.290. The first-order valence-corrected chi connectivity index (χ1v) is 12.7. The molecule has 0 unspecified atom stereocenters. The van der Waals surface area contributed by atoms with Crippen LogP contribution in [0.4, 0.5) is 16.7 Å². The molecule has 35 heavy (non-hydrogen) atoms. The number of urea groups is 1. The lowest BCUT2D eigenvalue weighted by Crippen LogP contribution is -2.44. The predicted octanol–water partition coefficient (Wildman–Crippen LogP) is 2.95. The number of nitrogens with zero attached hydrogens (tertiary/aromatic N) is 5. The molecule has 188 valence electrons. The summed E-state index contributed by atoms with van der Waals surface area (Å²) < 4.78 is 38.5. The largest absolute Gasteiger partial charge is 0.350 e. The molecule has 0 bridgehead atoms. The van der Waals surface area contributed by atoms with Crippen LogP contribution in [0.25, 0.3) is 0 Å². The molecule has 15 heteroatoms. The number of carbonyl (C=O) groups excluding carboxylic acids is 1. The Bertz CT molecular complexity index is 1220. The van der Waals surface area contributed by atoms with Crippen molar-refractivity contribution >= 4 is 51.2 Å². The summed E-state index contributed by atoms with van der Waals surface area (Å²) >= 11 is 12.0. The average molecular weight is 544 g/mol. The van der Waals surface area contributed by atoms with E-state index >= 15 is 0 Å². The number of hydrogen-bond donors (Lipinski definition) is 2. The zero-order valence-corrected chi connectivity index (χ0v) is 21.2. The van der Waals surface area contributed by atoms with Crippen molar-refractivity contribution in [2.45, 2.75) is 43.4 Å². The van der Waals surface area contributed by atoms with Gasteiger partial charge in [0.1, 0.15) is 10.4 Å². The molecule has 12 nitrogen and oxygen atoms in total. The van der Waals surface area contributed by atoms with E-state index in [1.54, 1.807) is 19.9 Å². The first kappa shape index (κ1) is 26.8. The molecule has 2 amide bonds. The lowest BCUT2D eigenvalue weighted by molar-refractivity contribution is -0.0472. The van der Waals surface area contributed by atoms with Crippen molar-refractivity contribution < 1.29 is 22.7 Å². The zero-order chi connectivity index (χ0) is 25.6. The quantitative estimate of drug-likeness (QED) is 0.481. The average Bonchev–Trinajstić information content (AvgIpc) is 3.29. The Balaban J connectivity index is 1.88. The number of benzene rings is 1. The number of hydrogen-bond acceptors (Lipinski definition) is 10. The van der Waals surface area contributed by atoms with Crippen LogP contribution in [0.2, 0.25) is 10.3 Å². The normalized spacial score (nSPS) is 14.4. The number of anilines is 2. The van der Waals surface area contributed by atoms with E-state index in [4.69, 9.17) is 32.7 Å². The summed E-state index contributed by atoms with van der Waals surface area (Å²) in [7, 11) is -4.32. The Morgan fingerprint density at radius 3 is 2.57 bits per heavy atom. The molecule has 2 N–H and O–H groups in total. The minimum Gasteiger partial charge on any atom is -0.350 e. The second-order valence-corrected chi connectivity index (χ2v) is 10.3. The number of aromatic nitrogens is 3. The van der Waals surface area contributed by atoms with Gasteiger partial charge >= 0.3 is 6.03 Å². The molecule has 0 aliphatic carbocycles. The molecule has 1 aromatic heterocycles. The van der Waals surface area contributed by atoms with Crippen LogP contribution in [0, 0.1) is 11.3 Å². The van der Waals surface area contributed by atoms with Crippen molar-refractivity contribution in [2.75, 3.05) is 30.0 Å². The molecule has 2 heterocycles. The van der Waals surface area contributed by atoms with Gasteiger partial charge in [-0.2, -0.15) is 20.2 Å². The summed E-state index contributed by atoms with van der Waals surface area (Å²) in [6.45, 7) is 4.11. The predicted molar refractivity (Wildman–Crippen MR) is 128 cm³/mol. The molecule has 0 saturated carbocycles. The van der Waals surface area contributed by atoms with Gasteiger partial charge in [-0.3, -0.25) is 4.90 Å². The number of sulfonamides is 1. The summed E-state index contributed by atoms with van der Waals surface area (Å²) in [6.07, 6.45) is 0.370. The lowest BCUT2D eigenvalue weighted by atomic mass is 10.1. The number of nitrogens with one attached hydrogen (secondary N) is 2. The lowest BCUT2D eigenvalue weighted by Gasteiger charge is -2.23. The van der Waals surface area contributed by atoms with Gasteiger partial charge in [0.2, 0.25) is 17.2 Å². The van der Waals surface area contributed by atoms with Gasteiger partial charge in [-0.15, -0.1) is 0 Å². The third kappa shape index (κ3) is 7.36. The van der Waals surface area contributed by atoms with Crippen LogP contribution in [-0.4, -0.2) is 61.0 Å². The van der Waals surface area contributed by atoms with E-state index in [2.05, 4.69) is 20.3 Å². The highest BCUT2D eigenvalue weighted by Gasteiger charge is 2.28. The fourth-order valence-electron chi connectivity index (χ4n) is 2.99. The van der Waals surface area contributed by atoms with Crippen LogP contribution in [0.5, 0.6) is 0 Å². The molecule has 1 aromatic carbocycles. The zero-order valence-electron chi connectivity index (χ0n) is 18.9. The first-order valence-electron chi connectivity index (χ1n) is 10.4. The van der Waals surface area contributed by atoms with Crippen molar-refractivity contribution in [3.63, 3.8) is 0 Å². The summed E-state index contributed by atoms with van der Waals surface area (Å²) in [5.41, 5.74) is -1.06. The van der Waals surface area contributed by atoms with Crippen molar-refractivity contribution in [1.82, 2.24) is 19.7 Å². The number of nitriles is 1. The van der Waals surface area contributed by atoms with Gasteiger partial charge in [-0.25, -0.2) is 17.9 Å². The summed E-state index contributed by atoms with van der Waals surface area (Å²) in [5, 5.41) is 11.7. The first-order chi connectivity index (χ1) is 16.5. The van der Waals surface area contributed by atoms with Crippen molar-refractivity contribution in [3.05, 3.63) is 34.6 Å². The molecule has 1 aliphatic heterocycles. The number of amides is 2. The molecule has 0 atom stereocenters. The fraction of sp³-hybridized carbons (Fsp3) is 0.450. The Morgan fingerprint density at radius 2 is 1.91 bits per heavy atom. The minimum absolute atomic E-state index is 0.00544. The Labute approximate surface area is 212 Å². The molecule has 1 aliphatic rings. The van der Waals surface area contributed by atoms with Gasteiger partial charge in [-0.1, -0.05) is 23.7 Å². The standard InChI is InChI=1S/C20H23Cl2N7O5S/c1-20(2,12-23)27-17-24-16(22)25-18(26-17)29(9-5-8-15-33-10-11-34-15)19(30)28-35(31,32)14-7-4-3-6-13(14)21/h3-4,6-7,15H,5,8-11H2,1-2H3,(H,28,30)(H,24,25,26,27). The van der Waals surface area contributed by atoms with Crippen LogP contribution in [0.3, 0.4) is 0 Å². The molecule has 2 aromatic rings. The number of rotatable bonds is 9. The van der Waals surface area contributed by atoms with Crippen molar-refractivity contribution in [2.24, 2.45) is 0 Å². The maximum absolute atomic E-state index is 13.1.